The number of carbonyl (C=O) groups excluding carboxylic acids is 2. The number of fused-ring (bicyclic) bond motifs is 5. The van der Waals surface area contributed by atoms with Gasteiger partial charge in [-0.3, -0.25) is 9.69 Å². The van der Waals surface area contributed by atoms with Gasteiger partial charge in [0, 0.05) is 11.5 Å². The average molecular weight is 410 g/mol. The van der Waals surface area contributed by atoms with Gasteiger partial charge in [-0.1, -0.05) is 54.6 Å². The number of nitrogens with zero attached hydrogens (tertiary/aromatic N) is 1. The summed E-state index contributed by atoms with van der Waals surface area (Å²) in [4.78, 5) is 39.9. The van der Waals surface area contributed by atoms with Gasteiger partial charge in [0.1, 0.15) is 11.1 Å². The maximum absolute atomic E-state index is 13.5. The smallest absolute Gasteiger partial charge is 0.336 e. The van der Waals surface area contributed by atoms with Gasteiger partial charge in [-0.15, -0.1) is 0 Å². The number of nitrogens with one attached hydrogen (secondary N) is 1. The lowest BCUT2D eigenvalue weighted by molar-refractivity contribution is -0.132. The highest BCUT2D eigenvalue weighted by Crippen LogP contribution is 2.42. The molecule has 6 rings (SSSR count). The number of carbonyl (C=O) groups is 2. The fourth-order valence-corrected chi connectivity index (χ4v) is 5.05. The molecule has 3 aromatic carbocycles. The zero-order valence-corrected chi connectivity index (χ0v) is 16.6. The van der Waals surface area contributed by atoms with Gasteiger partial charge in [0.15, 0.2) is 0 Å². The van der Waals surface area contributed by atoms with Crippen molar-refractivity contribution in [3.63, 3.8) is 0 Å². The minimum absolute atomic E-state index is 0.00465. The highest BCUT2D eigenvalue weighted by molar-refractivity contribution is 6.10. The number of hydrogen-bond acceptors (Lipinski definition) is 4. The molecule has 2 heterocycles. The Hall–Kier alpha value is -3.93. The van der Waals surface area contributed by atoms with Crippen molar-refractivity contribution in [3.05, 3.63) is 93.8 Å². The Bertz CT molecular complexity index is 1470. The molecule has 152 valence electrons. The molecule has 1 spiro atoms. The Balaban J connectivity index is 1.48. The number of imide groups is 1. The van der Waals surface area contributed by atoms with Crippen LogP contribution in [-0.2, 0) is 23.3 Å². The molecule has 1 saturated heterocycles. The molecule has 31 heavy (non-hydrogen) atoms. The van der Waals surface area contributed by atoms with E-state index >= 15 is 0 Å². The van der Waals surface area contributed by atoms with E-state index in [1.807, 2.05) is 54.6 Å². The van der Waals surface area contributed by atoms with Gasteiger partial charge in [0.25, 0.3) is 5.91 Å². The third-order valence-electron chi connectivity index (χ3n) is 6.47. The summed E-state index contributed by atoms with van der Waals surface area (Å²) in [5.74, 6) is -0.274. The predicted octanol–water partition coefficient (Wildman–Crippen LogP) is 3.84. The molecule has 1 aromatic heterocycles. The molecule has 1 fully saturated rings. The van der Waals surface area contributed by atoms with Gasteiger partial charge in [0.2, 0.25) is 0 Å². The zero-order valence-electron chi connectivity index (χ0n) is 16.6. The molecule has 1 unspecified atom stereocenters. The monoisotopic (exact) mass is 410 g/mol. The molecule has 0 saturated carbocycles. The van der Waals surface area contributed by atoms with E-state index in [0.29, 0.717) is 17.6 Å². The van der Waals surface area contributed by atoms with Crippen molar-refractivity contribution in [2.24, 2.45) is 0 Å². The topological polar surface area (TPSA) is 79.6 Å². The first-order valence-corrected chi connectivity index (χ1v) is 10.2. The van der Waals surface area contributed by atoms with Crippen LogP contribution in [0.5, 0.6) is 0 Å². The van der Waals surface area contributed by atoms with Crippen LogP contribution in [0.15, 0.2) is 75.9 Å². The van der Waals surface area contributed by atoms with Crippen molar-refractivity contribution >= 4 is 33.7 Å². The first-order valence-electron chi connectivity index (χ1n) is 10.2. The molecule has 6 heteroatoms. The fraction of sp³-hybridized carbons (Fsp3) is 0.160. The van der Waals surface area contributed by atoms with E-state index in [-0.39, 0.29) is 12.5 Å². The van der Waals surface area contributed by atoms with Crippen molar-refractivity contribution in [3.8, 4) is 0 Å². The Labute approximate surface area is 177 Å². The van der Waals surface area contributed by atoms with Crippen LogP contribution in [0.4, 0.5) is 4.79 Å². The van der Waals surface area contributed by atoms with E-state index in [9.17, 15) is 14.4 Å². The number of hydrogen-bond donors (Lipinski definition) is 1. The Kier molecular flexibility index (Phi) is 3.63. The molecule has 6 nitrogen and oxygen atoms in total. The van der Waals surface area contributed by atoms with Crippen LogP contribution in [0.2, 0.25) is 0 Å². The lowest BCUT2D eigenvalue weighted by Crippen LogP contribution is -2.41. The quantitative estimate of drug-likeness (QED) is 0.309. The van der Waals surface area contributed by atoms with Crippen LogP contribution in [0.1, 0.15) is 23.1 Å². The molecule has 0 bridgehead atoms. The van der Waals surface area contributed by atoms with Crippen LogP contribution >= 0.6 is 0 Å². The number of aryl methyl sites for hydroxylation is 1. The number of amides is 3. The summed E-state index contributed by atoms with van der Waals surface area (Å²) in [6.45, 7) is 0.00465. The first kappa shape index (κ1) is 17.9. The van der Waals surface area contributed by atoms with Crippen LogP contribution < -0.4 is 10.9 Å². The lowest BCUT2D eigenvalue weighted by atomic mass is 9.91. The van der Waals surface area contributed by atoms with Crippen molar-refractivity contribution in [1.29, 1.82) is 0 Å². The number of rotatable bonds is 2. The molecule has 3 amide bonds. The Morgan fingerprint density at radius 3 is 2.68 bits per heavy atom. The van der Waals surface area contributed by atoms with Crippen LogP contribution in [0.3, 0.4) is 0 Å². The van der Waals surface area contributed by atoms with Crippen LogP contribution in [-0.4, -0.2) is 16.8 Å². The lowest BCUT2D eigenvalue weighted by Gasteiger charge is -2.22. The Morgan fingerprint density at radius 2 is 1.77 bits per heavy atom. The van der Waals surface area contributed by atoms with E-state index in [1.165, 1.54) is 11.0 Å². The van der Waals surface area contributed by atoms with Gasteiger partial charge in [-0.2, -0.15) is 0 Å². The van der Waals surface area contributed by atoms with E-state index in [1.54, 1.807) is 6.07 Å². The highest BCUT2D eigenvalue weighted by Gasteiger charge is 2.55. The van der Waals surface area contributed by atoms with E-state index in [2.05, 4.69) is 5.32 Å². The average Bonchev–Trinajstić information content (AvgIpc) is 3.26. The van der Waals surface area contributed by atoms with Crippen molar-refractivity contribution in [1.82, 2.24) is 10.2 Å². The molecule has 2 aliphatic rings. The summed E-state index contributed by atoms with van der Waals surface area (Å²) >= 11 is 0. The summed E-state index contributed by atoms with van der Waals surface area (Å²) in [7, 11) is 0. The molecule has 0 radical (unpaired) electrons. The van der Waals surface area contributed by atoms with Gasteiger partial charge >= 0.3 is 11.7 Å². The second kappa shape index (κ2) is 6.28. The minimum atomic E-state index is -1.02. The maximum atomic E-state index is 13.5. The standard InChI is InChI=1S/C25H18N2O4/c28-21-13-17(22-18-7-3-1-5-15(18)9-10-20(22)31-21)14-27-23(29)25(26-24(27)30)12-11-16-6-2-4-8-19(16)25/h1-10,13H,11-12,14H2,(H,26,30). The normalized spacial score (nSPS) is 20.1. The molecular formula is C25H18N2O4. The second-order valence-electron chi connectivity index (χ2n) is 8.13. The van der Waals surface area contributed by atoms with E-state index in [4.69, 9.17) is 4.42 Å². The van der Waals surface area contributed by atoms with E-state index in [0.717, 1.165) is 33.7 Å². The molecular weight excluding hydrogens is 392 g/mol. The minimum Gasteiger partial charge on any atom is -0.423 e. The predicted molar refractivity (Wildman–Crippen MR) is 116 cm³/mol. The zero-order chi connectivity index (χ0) is 21.2. The first-order chi connectivity index (χ1) is 15.1. The third kappa shape index (κ3) is 2.48. The van der Waals surface area contributed by atoms with Gasteiger partial charge in [0.05, 0.1) is 6.54 Å². The van der Waals surface area contributed by atoms with Gasteiger partial charge in [-0.05, 0) is 46.4 Å². The van der Waals surface area contributed by atoms with Gasteiger partial charge in [-0.25, -0.2) is 9.59 Å². The largest absolute Gasteiger partial charge is 0.423 e. The summed E-state index contributed by atoms with van der Waals surface area (Å²) < 4.78 is 5.41. The van der Waals surface area contributed by atoms with E-state index < -0.39 is 17.2 Å². The van der Waals surface area contributed by atoms with Crippen LogP contribution in [0, 0.1) is 0 Å². The molecule has 1 aliphatic carbocycles. The highest BCUT2D eigenvalue weighted by atomic mass is 16.4. The SMILES string of the molecule is O=C1NC2(CCc3ccccc32)C(=O)N1Cc1cc(=O)oc2ccc3ccccc3c12. The number of benzene rings is 3. The molecule has 1 aliphatic heterocycles. The summed E-state index contributed by atoms with van der Waals surface area (Å²) in [6, 6.07) is 20.1. The number of urea groups is 1. The summed E-state index contributed by atoms with van der Waals surface area (Å²) in [5.41, 5.74) is 1.44. The summed E-state index contributed by atoms with van der Waals surface area (Å²) in [6.07, 6.45) is 1.27. The summed E-state index contributed by atoms with van der Waals surface area (Å²) in [5, 5.41) is 5.58. The Morgan fingerprint density at radius 1 is 0.968 bits per heavy atom. The van der Waals surface area contributed by atoms with Gasteiger partial charge < -0.3 is 9.73 Å². The van der Waals surface area contributed by atoms with Crippen molar-refractivity contribution in [2.45, 2.75) is 24.9 Å². The second-order valence-corrected chi connectivity index (χ2v) is 8.13. The maximum Gasteiger partial charge on any atom is 0.336 e. The van der Waals surface area contributed by atoms with Crippen molar-refractivity contribution in [2.75, 3.05) is 0 Å². The third-order valence-corrected chi connectivity index (χ3v) is 6.47. The van der Waals surface area contributed by atoms with Crippen molar-refractivity contribution < 1.29 is 14.0 Å². The fourth-order valence-electron chi connectivity index (χ4n) is 5.05. The molecule has 1 N–H and O–H groups in total. The van der Waals surface area contributed by atoms with Crippen LogP contribution in [0.25, 0.3) is 21.7 Å². The molecule has 4 aromatic rings. The molecule has 1 atom stereocenters.